The summed E-state index contributed by atoms with van der Waals surface area (Å²) in [4.78, 5) is 0.998. The Hall–Kier alpha value is -1.55. The van der Waals surface area contributed by atoms with Gasteiger partial charge in [-0.3, -0.25) is 0 Å². The SMILES string of the molecule is CC.Cc1c(F)ccc(NSc2cccc(C(C)C)c2)c1F. The van der Waals surface area contributed by atoms with Gasteiger partial charge in [0.1, 0.15) is 5.82 Å². The molecular weight excluding hydrogens is 300 g/mol. The summed E-state index contributed by atoms with van der Waals surface area (Å²) in [6, 6.07) is 10.8. The molecule has 120 valence electrons. The number of hydrogen-bond donors (Lipinski definition) is 1. The van der Waals surface area contributed by atoms with E-state index in [2.05, 4.69) is 30.7 Å². The third kappa shape index (κ3) is 4.73. The van der Waals surface area contributed by atoms with Crippen molar-refractivity contribution in [2.45, 2.75) is 45.4 Å². The molecule has 0 atom stereocenters. The Morgan fingerprint density at radius 1 is 1.05 bits per heavy atom. The van der Waals surface area contributed by atoms with E-state index in [9.17, 15) is 8.78 Å². The Labute approximate surface area is 136 Å². The quantitative estimate of drug-likeness (QED) is 0.641. The molecule has 1 N–H and O–H groups in total. The minimum Gasteiger partial charge on any atom is -0.323 e. The van der Waals surface area contributed by atoms with Crippen LogP contribution in [0.4, 0.5) is 14.5 Å². The third-order valence-electron chi connectivity index (χ3n) is 3.12. The van der Waals surface area contributed by atoms with Crippen LogP contribution in [0.2, 0.25) is 0 Å². The highest BCUT2D eigenvalue weighted by molar-refractivity contribution is 8.00. The van der Waals surface area contributed by atoms with E-state index in [-0.39, 0.29) is 5.56 Å². The largest absolute Gasteiger partial charge is 0.323 e. The van der Waals surface area contributed by atoms with Gasteiger partial charge in [0.2, 0.25) is 0 Å². The first-order chi connectivity index (χ1) is 10.5. The van der Waals surface area contributed by atoms with Gasteiger partial charge < -0.3 is 4.72 Å². The van der Waals surface area contributed by atoms with Crippen LogP contribution in [-0.4, -0.2) is 0 Å². The zero-order chi connectivity index (χ0) is 16.7. The molecule has 0 fully saturated rings. The second-order valence-corrected chi connectivity index (χ2v) is 5.84. The Balaban J connectivity index is 0.00000116. The minimum absolute atomic E-state index is 0.0338. The van der Waals surface area contributed by atoms with Crippen molar-refractivity contribution in [3.63, 3.8) is 0 Å². The smallest absolute Gasteiger partial charge is 0.152 e. The van der Waals surface area contributed by atoms with Gasteiger partial charge in [0.05, 0.1) is 5.69 Å². The molecule has 0 bridgehead atoms. The molecule has 0 saturated carbocycles. The van der Waals surface area contributed by atoms with E-state index in [1.807, 2.05) is 26.0 Å². The number of benzene rings is 2. The lowest BCUT2D eigenvalue weighted by molar-refractivity contribution is 0.571. The van der Waals surface area contributed by atoms with Crippen LogP contribution in [0.5, 0.6) is 0 Å². The molecule has 0 radical (unpaired) electrons. The van der Waals surface area contributed by atoms with Crippen molar-refractivity contribution in [2.75, 3.05) is 4.72 Å². The highest BCUT2D eigenvalue weighted by atomic mass is 32.2. The van der Waals surface area contributed by atoms with Crippen molar-refractivity contribution in [3.05, 3.63) is 59.2 Å². The summed E-state index contributed by atoms with van der Waals surface area (Å²) in [5, 5.41) is 0. The van der Waals surface area contributed by atoms with Gasteiger partial charge >= 0.3 is 0 Å². The van der Waals surface area contributed by atoms with Crippen LogP contribution in [0.15, 0.2) is 41.3 Å². The molecule has 0 spiro atoms. The summed E-state index contributed by atoms with van der Waals surface area (Å²) in [7, 11) is 0. The van der Waals surface area contributed by atoms with E-state index in [0.29, 0.717) is 11.6 Å². The topological polar surface area (TPSA) is 12.0 Å². The van der Waals surface area contributed by atoms with Crippen molar-refractivity contribution in [1.82, 2.24) is 0 Å². The fraction of sp³-hybridized carbons (Fsp3) is 0.333. The third-order valence-corrected chi connectivity index (χ3v) is 3.94. The normalized spacial score (nSPS) is 10.2. The molecule has 0 aliphatic rings. The standard InChI is InChI=1S/C16H17F2NS.C2H6/c1-10(2)12-5-4-6-13(9-12)20-19-15-8-7-14(17)11(3)16(15)18;1-2/h4-10,19H,1-3H3;1-2H3. The molecule has 2 rings (SSSR count). The van der Waals surface area contributed by atoms with Gasteiger partial charge in [-0.1, -0.05) is 39.8 Å². The molecule has 4 heteroatoms. The predicted octanol–water partition coefficient (Wildman–Crippen LogP) is 6.54. The van der Waals surface area contributed by atoms with Gasteiger partial charge in [-0.2, -0.15) is 0 Å². The Morgan fingerprint density at radius 2 is 1.73 bits per heavy atom. The molecule has 0 unspecified atom stereocenters. The lowest BCUT2D eigenvalue weighted by Crippen LogP contribution is -1.96. The number of halogens is 2. The fourth-order valence-electron chi connectivity index (χ4n) is 1.79. The van der Waals surface area contributed by atoms with E-state index in [1.165, 1.54) is 36.6 Å². The fourth-order valence-corrected chi connectivity index (χ4v) is 2.52. The maximum absolute atomic E-state index is 13.9. The first-order valence-electron chi connectivity index (χ1n) is 7.46. The van der Waals surface area contributed by atoms with Gasteiger partial charge in [0, 0.05) is 10.5 Å². The predicted molar refractivity (Wildman–Crippen MR) is 92.5 cm³/mol. The molecule has 0 saturated heterocycles. The maximum atomic E-state index is 13.9. The van der Waals surface area contributed by atoms with Crippen LogP contribution in [-0.2, 0) is 0 Å². The second-order valence-electron chi connectivity index (χ2n) is 4.97. The van der Waals surface area contributed by atoms with E-state index < -0.39 is 11.6 Å². The van der Waals surface area contributed by atoms with Crippen molar-refractivity contribution in [3.8, 4) is 0 Å². The average molecular weight is 323 g/mol. The first-order valence-corrected chi connectivity index (χ1v) is 8.28. The number of nitrogens with one attached hydrogen (secondary N) is 1. The lowest BCUT2D eigenvalue weighted by atomic mass is 10.0. The highest BCUT2D eigenvalue weighted by Crippen LogP contribution is 2.27. The van der Waals surface area contributed by atoms with Gasteiger partial charge in [-0.05, 0) is 54.6 Å². The zero-order valence-corrected chi connectivity index (χ0v) is 14.5. The summed E-state index contributed by atoms with van der Waals surface area (Å²) < 4.78 is 30.0. The van der Waals surface area contributed by atoms with Crippen molar-refractivity contribution >= 4 is 17.6 Å². The van der Waals surface area contributed by atoms with Gasteiger partial charge in [-0.15, -0.1) is 0 Å². The van der Waals surface area contributed by atoms with E-state index >= 15 is 0 Å². The Kier molecular flexibility index (Phi) is 7.39. The zero-order valence-electron chi connectivity index (χ0n) is 13.7. The molecule has 0 aliphatic heterocycles. The molecule has 0 heterocycles. The Morgan fingerprint density at radius 3 is 2.36 bits per heavy atom. The Bertz CT molecular complexity index is 612. The summed E-state index contributed by atoms with van der Waals surface area (Å²) in [5.74, 6) is -0.627. The highest BCUT2D eigenvalue weighted by Gasteiger charge is 2.10. The number of rotatable bonds is 4. The van der Waals surface area contributed by atoms with Crippen molar-refractivity contribution in [2.24, 2.45) is 0 Å². The molecule has 2 aromatic carbocycles. The van der Waals surface area contributed by atoms with E-state index in [1.54, 1.807) is 0 Å². The van der Waals surface area contributed by atoms with Gasteiger partial charge in [-0.25, -0.2) is 8.78 Å². The van der Waals surface area contributed by atoms with E-state index in [0.717, 1.165) is 4.90 Å². The molecule has 1 nitrogen and oxygen atoms in total. The monoisotopic (exact) mass is 323 g/mol. The minimum atomic E-state index is -0.544. The average Bonchev–Trinajstić information content (AvgIpc) is 2.54. The number of hydrogen-bond acceptors (Lipinski definition) is 2. The molecular formula is C18H23F2NS. The molecule has 22 heavy (non-hydrogen) atoms. The molecule has 0 amide bonds. The molecule has 0 aromatic heterocycles. The summed E-state index contributed by atoms with van der Waals surface area (Å²) >= 11 is 1.32. The molecule has 0 aliphatic carbocycles. The van der Waals surface area contributed by atoms with Crippen LogP contribution in [0.3, 0.4) is 0 Å². The van der Waals surface area contributed by atoms with Crippen LogP contribution < -0.4 is 4.72 Å². The van der Waals surface area contributed by atoms with Crippen LogP contribution >= 0.6 is 11.9 Å². The maximum Gasteiger partial charge on any atom is 0.152 e. The van der Waals surface area contributed by atoms with Crippen molar-refractivity contribution in [1.29, 1.82) is 0 Å². The van der Waals surface area contributed by atoms with Crippen LogP contribution in [0, 0.1) is 18.6 Å². The summed E-state index contributed by atoms with van der Waals surface area (Å²) in [5.41, 5.74) is 1.56. The summed E-state index contributed by atoms with van der Waals surface area (Å²) in [6.45, 7) is 9.68. The number of anilines is 1. The van der Waals surface area contributed by atoms with Crippen molar-refractivity contribution < 1.29 is 8.78 Å². The van der Waals surface area contributed by atoms with Gasteiger partial charge in [0.25, 0.3) is 0 Å². The first kappa shape index (κ1) is 18.5. The van der Waals surface area contributed by atoms with Gasteiger partial charge in [0.15, 0.2) is 5.82 Å². The second kappa shape index (κ2) is 8.79. The lowest BCUT2D eigenvalue weighted by Gasteiger charge is -2.10. The van der Waals surface area contributed by atoms with E-state index in [4.69, 9.17) is 0 Å². The summed E-state index contributed by atoms with van der Waals surface area (Å²) in [6.07, 6.45) is 0. The van der Waals surface area contributed by atoms with Crippen LogP contribution in [0.25, 0.3) is 0 Å². The van der Waals surface area contributed by atoms with Crippen LogP contribution in [0.1, 0.15) is 44.7 Å². The molecule has 2 aromatic rings.